The Balaban J connectivity index is 1.88. The monoisotopic (exact) mass is 351 g/mol. The van der Waals surface area contributed by atoms with Crippen molar-refractivity contribution in [1.82, 2.24) is 15.4 Å². The van der Waals surface area contributed by atoms with Crippen LogP contribution in [0.25, 0.3) is 22.2 Å². The number of fused-ring (bicyclic) bond motifs is 1. The fourth-order valence-corrected chi connectivity index (χ4v) is 3.33. The maximum absolute atomic E-state index is 12.2. The molecule has 6 nitrogen and oxygen atoms in total. The summed E-state index contributed by atoms with van der Waals surface area (Å²) >= 11 is 1.59. The highest BCUT2D eigenvalue weighted by molar-refractivity contribution is 7.17. The second kappa shape index (κ2) is 7.14. The molecule has 0 fully saturated rings. The quantitative estimate of drug-likeness (QED) is 0.490. The van der Waals surface area contributed by atoms with Gasteiger partial charge in [0.25, 0.3) is 5.91 Å². The molecule has 0 radical (unpaired) electrons. The predicted octanol–water partition coefficient (Wildman–Crippen LogP) is 1.55. The van der Waals surface area contributed by atoms with E-state index in [1.165, 1.54) is 0 Å². The van der Waals surface area contributed by atoms with Crippen molar-refractivity contribution >= 4 is 51.1 Å². The lowest BCUT2D eigenvalue weighted by atomic mass is 10.2. The average Bonchev–Trinajstić information content (AvgIpc) is 3.11. The van der Waals surface area contributed by atoms with Gasteiger partial charge in [-0.3, -0.25) is 15.6 Å². The molecule has 0 unspecified atom stereocenters. The number of nitrogens with two attached hydrogens (primary N) is 1. The Morgan fingerprint density at radius 1 is 1.36 bits per heavy atom. The van der Waals surface area contributed by atoms with Crippen molar-refractivity contribution in [2.75, 3.05) is 11.2 Å². The van der Waals surface area contributed by atoms with Crippen LogP contribution < -0.4 is 27.2 Å². The molecule has 126 valence electrons. The highest BCUT2D eigenvalue weighted by Crippen LogP contribution is 2.19. The molecule has 0 atom stereocenters. The lowest BCUT2D eigenvalue weighted by molar-refractivity contribution is -0.116. The van der Waals surface area contributed by atoms with E-state index in [1.807, 2.05) is 30.5 Å². The van der Waals surface area contributed by atoms with Gasteiger partial charge in [0, 0.05) is 27.1 Å². The number of anilines is 2. The van der Waals surface area contributed by atoms with E-state index in [2.05, 4.69) is 27.4 Å². The number of nitrogens with one attached hydrogen (secondary N) is 2. The Bertz CT molecular complexity index is 1060. The molecular formula is C18H17N5OS. The number of hydrazine groups is 1. The van der Waals surface area contributed by atoms with E-state index in [0.717, 1.165) is 15.3 Å². The summed E-state index contributed by atoms with van der Waals surface area (Å²) < 4.78 is 1.04. The van der Waals surface area contributed by atoms with Crippen molar-refractivity contribution in [3.63, 3.8) is 0 Å². The summed E-state index contributed by atoms with van der Waals surface area (Å²) in [7, 11) is 0. The fraction of sp³-hybridized carbons (Fsp3) is 0.0556. The van der Waals surface area contributed by atoms with Crippen LogP contribution in [0.2, 0.25) is 0 Å². The van der Waals surface area contributed by atoms with Crippen molar-refractivity contribution < 1.29 is 4.79 Å². The molecule has 0 aliphatic carbocycles. The van der Waals surface area contributed by atoms with E-state index < -0.39 is 0 Å². The van der Waals surface area contributed by atoms with Gasteiger partial charge in [0.1, 0.15) is 11.6 Å². The van der Waals surface area contributed by atoms with Crippen LogP contribution in [0.5, 0.6) is 0 Å². The molecule has 4 N–H and O–H groups in total. The van der Waals surface area contributed by atoms with Gasteiger partial charge in [-0.25, -0.2) is 9.97 Å². The van der Waals surface area contributed by atoms with Gasteiger partial charge in [-0.1, -0.05) is 18.7 Å². The number of thiophene rings is 1. The molecule has 0 aliphatic rings. The third-order valence-corrected chi connectivity index (χ3v) is 4.51. The van der Waals surface area contributed by atoms with Crippen LogP contribution in [0, 0.1) is 0 Å². The van der Waals surface area contributed by atoms with Gasteiger partial charge in [-0.2, -0.15) is 0 Å². The number of hydrogen-bond donors (Lipinski definition) is 3. The molecular weight excluding hydrogens is 334 g/mol. The number of rotatable bonds is 4. The van der Waals surface area contributed by atoms with E-state index in [0.29, 0.717) is 17.0 Å². The van der Waals surface area contributed by atoms with Crippen molar-refractivity contribution in [3.8, 4) is 0 Å². The molecule has 7 heteroatoms. The van der Waals surface area contributed by atoms with E-state index in [-0.39, 0.29) is 11.5 Å². The zero-order valence-electron chi connectivity index (χ0n) is 13.6. The number of aromatic nitrogens is 2. The Labute approximate surface area is 148 Å². The minimum absolute atomic E-state index is 0.259. The molecule has 3 heterocycles. The standard InChI is InChI=1S/C18H17N5OS/c1-3-12-14(21-17(19)13-7-9-25-16(12)13)10-11(2)18(24)23-22-15-6-4-5-8-20-15/h3-10H,2H2,1H3,(H2,19,21)(H,20,22)(H,23,24)/b12-3+,14-10+. The maximum Gasteiger partial charge on any atom is 0.269 e. The normalized spacial score (nSPS) is 12.4. The first-order valence-electron chi connectivity index (χ1n) is 7.57. The highest BCUT2D eigenvalue weighted by atomic mass is 32.1. The Kier molecular flexibility index (Phi) is 4.76. The van der Waals surface area contributed by atoms with Gasteiger partial charge >= 0.3 is 0 Å². The van der Waals surface area contributed by atoms with Gasteiger partial charge in [-0.15, -0.1) is 11.3 Å². The number of hydrogen-bond acceptors (Lipinski definition) is 6. The summed E-state index contributed by atoms with van der Waals surface area (Å²) in [5.74, 6) is 0.598. The number of carbonyl (C=O) groups excluding carboxylic acids is 1. The number of pyridine rings is 2. The van der Waals surface area contributed by atoms with Crippen LogP contribution in [0.15, 0.2) is 48.0 Å². The van der Waals surface area contributed by atoms with Crippen LogP contribution in [0.3, 0.4) is 0 Å². The minimum Gasteiger partial charge on any atom is -0.383 e. The van der Waals surface area contributed by atoms with Crippen molar-refractivity contribution in [2.45, 2.75) is 6.92 Å². The third-order valence-electron chi connectivity index (χ3n) is 3.56. The van der Waals surface area contributed by atoms with Crippen molar-refractivity contribution in [1.29, 1.82) is 0 Å². The third kappa shape index (κ3) is 3.51. The topological polar surface area (TPSA) is 92.9 Å². The first-order valence-corrected chi connectivity index (χ1v) is 8.45. The van der Waals surface area contributed by atoms with Gasteiger partial charge in [-0.05, 0) is 36.6 Å². The molecule has 0 bridgehead atoms. The van der Waals surface area contributed by atoms with Crippen LogP contribution in [0.1, 0.15) is 6.92 Å². The van der Waals surface area contributed by atoms with E-state index in [9.17, 15) is 4.79 Å². The van der Waals surface area contributed by atoms with Gasteiger partial charge < -0.3 is 5.73 Å². The number of amides is 1. The SMILES string of the molecule is C=C(/C=c1/nc(N)c2ccsc2/c1=C/C)C(=O)NNc1ccccn1. The second-order valence-electron chi connectivity index (χ2n) is 5.21. The number of carbonyl (C=O) groups is 1. The fourth-order valence-electron chi connectivity index (χ4n) is 2.34. The number of nitrogens with zero attached hydrogens (tertiary/aromatic N) is 2. The molecule has 25 heavy (non-hydrogen) atoms. The van der Waals surface area contributed by atoms with Gasteiger partial charge in [0.05, 0.1) is 5.35 Å². The van der Waals surface area contributed by atoms with Crippen molar-refractivity contribution in [3.05, 3.63) is 58.6 Å². The molecule has 0 aromatic carbocycles. The maximum atomic E-state index is 12.2. The van der Waals surface area contributed by atoms with Crippen LogP contribution in [0.4, 0.5) is 11.6 Å². The Hall–Kier alpha value is -3.19. The van der Waals surface area contributed by atoms with E-state index in [1.54, 1.807) is 35.7 Å². The first kappa shape index (κ1) is 16.7. The minimum atomic E-state index is -0.376. The zero-order chi connectivity index (χ0) is 17.8. The number of nitrogen functional groups attached to an aromatic ring is 1. The molecule has 1 amide bonds. The van der Waals surface area contributed by atoms with Crippen LogP contribution in [-0.4, -0.2) is 15.9 Å². The van der Waals surface area contributed by atoms with E-state index in [4.69, 9.17) is 5.73 Å². The van der Waals surface area contributed by atoms with Gasteiger partial charge in [0.15, 0.2) is 0 Å². The predicted molar refractivity (Wildman–Crippen MR) is 103 cm³/mol. The Morgan fingerprint density at radius 3 is 2.92 bits per heavy atom. The lowest BCUT2D eigenvalue weighted by Crippen LogP contribution is -2.33. The first-order chi connectivity index (χ1) is 12.1. The average molecular weight is 351 g/mol. The van der Waals surface area contributed by atoms with Crippen LogP contribution in [-0.2, 0) is 4.79 Å². The second-order valence-corrected chi connectivity index (χ2v) is 6.13. The molecule has 3 rings (SSSR count). The molecule has 0 aliphatic heterocycles. The summed E-state index contributed by atoms with van der Waals surface area (Å²) in [5, 5.41) is 4.44. The molecule has 0 saturated heterocycles. The largest absolute Gasteiger partial charge is 0.383 e. The summed E-state index contributed by atoms with van der Waals surface area (Å²) in [5.41, 5.74) is 11.6. The zero-order valence-corrected chi connectivity index (χ0v) is 14.4. The summed E-state index contributed by atoms with van der Waals surface area (Å²) in [6.07, 6.45) is 5.20. The Morgan fingerprint density at radius 2 is 2.20 bits per heavy atom. The highest BCUT2D eigenvalue weighted by Gasteiger charge is 2.07. The van der Waals surface area contributed by atoms with Crippen LogP contribution >= 0.6 is 11.3 Å². The summed E-state index contributed by atoms with van der Waals surface area (Å²) in [4.78, 5) is 20.7. The smallest absolute Gasteiger partial charge is 0.269 e. The molecule has 3 aromatic rings. The van der Waals surface area contributed by atoms with Crippen molar-refractivity contribution in [2.24, 2.45) is 0 Å². The van der Waals surface area contributed by atoms with E-state index >= 15 is 0 Å². The lowest BCUT2D eigenvalue weighted by Gasteiger charge is -2.07. The molecule has 3 aromatic heterocycles. The van der Waals surface area contributed by atoms with Gasteiger partial charge in [0.2, 0.25) is 0 Å². The summed E-state index contributed by atoms with van der Waals surface area (Å²) in [6.45, 7) is 5.74. The summed E-state index contributed by atoms with van der Waals surface area (Å²) in [6, 6.07) is 7.29. The molecule has 0 spiro atoms. The molecule has 0 saturated carbocycles.